The Labute approximate surface area is 157 Å². The average molecular weight is 391 g/mol. The minimum absolute atomic E-state index is 0.151. The zero-order valence-electron chi connectivity index (χ0n) is 15.1. The van der Waals surface area contributed by atoms with E-state index in [0.717, 1.165) is 0 Å². The van der Waals surface area contributed by atoms with E-state index in [2.05, 4.69) is 10.3 Å². The van der Waals surface area contributed by atoms with Crippen molar-refractivity contribution >= 4 is 27.4 Å². The SMILES string of the molecule is CC(=O)c1c[nH]c(C(=O)Nc2ccc(C)c(S(=O)(=O)N3CCOCC3)c2)c1. The molecule has 0 bridgehead atoms. The van der Waals surface area contributed by atoms with Gasteiger partial charge in [0.2, 0.25) is 10.0 Å². The summed E-state index contributed by atoms with van der Waals surface area (Å²) in [5, 5.41) is 2.66. The number of H-pyrrole nitrogens is 1. The molecule has 0 unspecified atom stereocenters. The Morgan fingerprint density at radius 2 is 1.89 bits per heavy atom. The maximum atomic E-state index is 12.9. The van der Waals surface area contributed by atoms with Crippen LogP contribution in [0.15, 0.2) is 35.4 Å². The molecule has 1 amide bonds. The zero-order valence-corrected chi connectivity index (χ0v) is 15.9. The first kappa shape index (κ1) is 19.3. The van der Waals surface area contributed by atoms with Gasteiger partial charge in [-0.1, -0.05) is 6.07 Å². The van der Waals surface area contributed by atoms with Gasteiger partial charge in [-0.3, -0.25) is 9.59 Å². The lowest BCUT2D eigenvalue weighted by Gasteiger charge is -2.26. The van der Waals surface area contributed by atoms with Gasteiger partial charge in [-0.05, 0) is 37.6 Å². The van der Waals surface area contributed by atoms with Crippen molar-refractivity contribution in [2.45, 2.75) is 18.7 Å². The Kier molecular flexibility index (Phi) is 5.45. The highest BCUT2D eigenvalue weighted by Crippen LogP contribution is 2.24. The largest absolute Gasteiger partial charge is 0.379 e. The second kappa shape index (κ2) is 7.63. The molecule has 1 aliphatic rings. The molecule has 0 aliphatic carbocycles. The number of aromatic nitrogens is 1. The third kappa shape index (κ3) is 4.10. The van der Waals surface area contributed by atoms with Crippen LogP contribution >= 0.6 is 0 Å². The predicted molar refractivity (Wildman–Crippen MR) is 99.5 cm³/mol. The zero-order chi connectivity index (χ0) is 19.6. The first-order valence-corrected chi connectivity index (χ1v) is 9.92. The summed E-state index contributed by atoms with van der Waals surface area (Å²) in [7, 11) is -3.67. The number of anilines is 1. The van der Waals surface area contributed by atoms with Crippen LogP contribution in [0, 0.1) is 6.92 Å². The number of nitrogens with zero attached hydrogens (tertiary/aromatic N) is 1. The Balaban J connectivity index is 1.84. The molecule has 0 saturated carbocycles. The Bertz CT molecular complexity index is 975. The number of benzene rings is 1. The quantitative estimate of drug-likeness (QED) is 0.756. The fourth-order valence-corrected chi connectivity index (χ4v) is 4.47. The van der Waals surface area contributed by atoms with Crippen LogP contribution in [0.25, 0.3) is 0 Å². The fraction of sp³-hybridized carbons (Fsp3) is 0.333. The minimum Gasteiger partial charge on any atom is -0.379 e. The van der Waals surface area contributed by atoms with Gasteiger partial charge >= 0.3 is 0 Å². The third-order valence-corrected chi connectivity index (χ3v) is 6.41. The lowest BCUT2D eigenvalue weighted by molar-refractivity contribution is 0.0730. The molecule has 1 aromatic heterocycles. The number of aryl methyl sites for hydroxylation is 1. The number of carbonyl (C=O) groups is 2. The summed E-state index contributed by atoms with van der Waals surface area (Å²) in [4.78, 5) is 26.6. The molecular formula is C18H21N3O5S. The molecule has 27 heavy (non-hydrogen) atoms. The highest BCUT2D eigenvalue weighted by molar-refractivity contribution is 7.89. The van der Waals surface area contributed by atoms with Crippen LogP contribution in [0.2, 0.25) is 0 Å². The van der Waals surface area contributed by atoms with Gasteiger partial charge in [0, 0.05) is 30.5 Å². The number of ether oxygens (including phenoxy) is 1. The Morgan fingerprint density at radius 3 is 2.52 bits per heavy atom. The second-order valence-corrected chi connectivity index (χ2v) is 8.22. The number of amides is 1. The van der Waals surface area contributed by atoms with Gasteiger partial charge in [0.15, 0.2) is 5.78 Å². The van der Waals surface area contributed by atoms with E-state index in [4.69, 9.17) is 4.74 Å². The molecule has 8 nitrogen and oxygen atoms in total. The molecule has 0 atom stereocenters. The standard InChI is InChI=1S/C18H21N3O5S/c1-12-3-4-15(20-18(23)16-9-14(11-19-16)13(2)22)10-17(12)27(24,25)21-5-7-26-8-6-21/h3-4,9-11,19H,5-8H2,1-2H3,(H,20,23). The Hall–Kier alpha value is -2.49. The van der Waals surface area contributed by atoms with Crippen molar-refractivity contribution in [1.82, 2.24) is 9.29 Å². The molecular weight excluding hydrogens is 370 g/mol. The van der Waals surface area contributed by atoms with Gasteiger partial charge in [-0.15, -0.1) is 0 Å². The van der Waals surface area contributed by atoms with E-state index < -0.39 is 15.9 Å². The van der Waals surface area contributed by atoms with E-state index >= 15 is 0 Å². The normalized spacial score (nSPS) is 15.5. The third-order valence-electron chi connectivity index (χ3n) is 4.37. The summed E-state index contributed by atoms with van der Waals surface area (Å²) in [5.74, 6) is -0.611. The van der Waals surface area contributed by atoms with Crippen molar-refractivity contribution in [2.75, 3.05) is 31.6 Å². The lowest BCUT2D eigenvalue weighted by atomic mass is 10.2. The molecule has 2 heterocycles. The highest BCUT2D eigenvalue weighted by Gasteiger charge is 2.28. The summed E-state index contributed by atoms with van der Waals surface area (Å²) in [6, 6.07) is 6.20. The molecule has 1 saturated heterocycles. The van der Waals surface area contributed by atoms with Crippen LogP contribution < -0.4 is 5.32 Å². The van der Waals surface area contributed by atoms with Crippen LogP contribution in [0.4, 0.5) is 5.69 Å². The summed E-state index contributed by atoms with van der Waals surface area (Å²) >= 11 is 0. The summed E-state index contributed by atoms with van der Waals surface area (Å²) < 4.78 is 32.4. The average Bonchev–Trinajstić information content (AvgIpc) is 3.14. The number of Topliss-reactive ketones (excluding diaryl/α,β-unsaturated/α-hetero) is 1. The molecule has 3 rings (SSSR count). The van der Waals surface area contributed by atoms with Gasteiger partial charge in [0.25, 0.3) is 5.91 Å². The van der Waals surface area contributed by atoms with Gasteiger partial charge in [-0.2, -0.15) is 4.31 Å². The number of nitrogens with one attached hydrogen (secondary N) is 2. The van der Waals surface area contributed by atoms with Crippen molar-refractivity contribution in [2.24, 2.45) is 0 Å². The molecule has 0 radical (unpaired) electrons. The van der Waals surface area contributed by atoms with Crippen molar-refractivity contribution in [3.63, 3.8) is 0 Å². The number of ketones is 1. The number of carbonyl (C=O) groups excluding carboxylic acids is 2. The number of aromatic amines is 1. The van der Waals surface area contributed by atoms with Crippen LogP contribution in [0.1, 0.15) is 33.3 Å². The number of morpholine rings is 1. The molecule has 9 heteroatoms. The van der Waals surface area contributed by atoms with Crippen molar-refractivity contribution < 1.29 is 22.7 Å². The maximum absolute atomic E-state index is 12.9. The highest BCUT2D eigenvalue weighted by atomic mass is 32.2. The first-order chi connectivity index (χ1) is 12.8. The van der Waals surface area contributed by atoms with E-state index in [9.17, 15) is 18.0 Å². The smallest absolute Gasteiger partial charge is 0.272 e. The van der Waals surface area contributed by atoms with Gasteiger partial charge in [0.05, 0.1) is 18.1 Å². The van der Waals surface area contributed by atoms with Crippen LogP contribution in [-0.4, -0.2) is 55.7 Å². The van der Waals surface area contributed by atoms with Crippen molar-refractivity contribution in [3.05, 3.63) is 47.3 Å². The number of hydrogen-bond acceptors (Lipinski definition) is 5. The maximum Gasteiger partial charge on any atom is 0.272 e. The molecule has 1 aromatic carbocycles. The number of sulfonamides is 1. The molecule has 144 valence electrons. The topological polar surface area (TPSA) is 109 Å². The monoisotopic (exact) mass is 391 g/mol. The van der Waals surface area contributed by atoms with E-state index in [1.807, 2.05) is 0 Å². The van der Waals surface area contributed by atoms with Crippen molar-refractivity contribution in [1.29, 1.82) is 0 Å². The first-order valence-electron chi connectivity index (χ1n) is 8.48. The second-order valence-electron chi connectivity index (χ2n) is 6.31. The molecule has 1 fully saturated rings. The van der Waals surface area contributed by atoms with Gasteiger partial charge in [-0.25, -0.2) is 8.42 Å². The number of hydrogen-bond donors (Lipinski definition) is 2. The fourth-order valence-electron chi connectivity index (χ4n) is 2.81. The van der Waals surface area contributed by atoms with Gasteiger partial charge in [0.1, 0.15) is 5.69 Å². The summed E-state index contributed by atoms with van der Waals surface area (Å²) in [5.41, 5.74) is 1.58. The molecule has 2 N–H and O–H groups in total. The number of rotatable bonds is 5. The predicted octanol–water partition coefficient (Wildman–Crippen LogP) is 1.80. The van der Waals surface area contributed by atoms with Crippen molar-refractivity contribution in [3.8, 4) is 0 Å². The van der Waals surface area contributed by atoms with Crippen LogP contribution in [-0.2, 0) is 14.8 Å². The van der Waals surface area contributed by atoms with E-state index in [1.165, 1.54) is 29.6 Å². The van der Waals surface area contributed by atoms with E-state index in [0.29, 0.717) is 43.1 Å². The summed E-state index contributed by atoms with van der Waals surface area (Å²) in [6.45, 7) is 4.44. The molecule has 2 aromatic rings. The van der Waals surface area contributed by atoms with E-state index in [1.54, 1.807) is 19.1 Å². The van der Waals surface area contributed by atoms with Gasteiger partial charge < -0.3 is 15.0 Å². The lowest BCUT2D eigenvalue weighted by Crippen LogP contribution is -2.40. The molecule has 0 spiro atoms. The van der Waals surface area contributed by atoms with Crippen LogP contribution in [0.5, 0.6) is 0 Å². The van der Waals surface area contributed by atoms with E-state index in [-0.39, 0.29) is 16.4 Å². The van der Waals surface area contributed by atoms with Crippen LogP contribution in [0.3, 0.4) is 0 Å². The minimum atomic E-state index is -3.67. The Morgan fingerprint density at radius 1 is 1.19 bits per heavy atom. The summed E-state index contributed by atoms with van der Waals surface area (Å²) in [6.07, 6.45) is 1.46. The molecule has 1 aliphatic heterocycles.